The molecule has 0 atom stereocenters. The molecular weight excluding hydrogens is 476 g/mol. The van der Waals surface area contributed by atoms with Gasteiger partial charge in [-0.2, -0.15) is 0 Å². The molecule has 1 N–H and O–H groups in total. The van der Waals surface area contributed by atoms with Crippen LogP contribution < -0.4 is 4.72 Å². The Morgan fingerprint density at radius 3 is 2.62 bits per heavy atom. The number of piperazine rings is 1. The number of thiophene rings is 1. The molecular formula is C19H21BrN4O3S2. The number of carbonyl (C=O) groups excluding carboxylic acids is 1. The molecule has 0 unspecified atom stereocenters. The van der Waals surface area contributed by atoms with Crippen molar-refractivity contribution in [3.63, 3.8) is 0 Å². The minimum atomic E-state index is -3.54. The molecule has 0 radical (unpaired) electrons. The van der Waals surface area contributed by atoms with Crippen LogP contribution in [-0.2, 0) is 21.4 Å². The maximum Gasteiger partial charge on any atom is 0.263 e. The van der Waals surface area contributed by atoms with Crippen LogP contribution in [0.15, 0.2) is 50.1 Å². The molecule has 1 aromatic heterocycles. The van der Waals surface area contributed by atoms with Crippen LogP contribution in [0.1, 0.15) is 16.9 Å². The topological polar surface area (TPSA) is 82.1 Å². The van der Waals surface area contributed by atoms with Crippen molar-refractivity contribution in [2.24, 2.45) is 4.99 Å². The second-order valence-corrected chi connectivity index (χ2v) is 11.1. The fourth-order valence-corrected chi connectivity index (χ4v) is 6.26. The molecule has 2 aliphatic heterocycles. The number of benzene rings is 1. The number of halogens is 1. The average Bonchev–Trinajstić information content (AvgIpc) is 3.23. The summed E-state index contributed by atoms with van der Waals surface area (Å²) < 4.78 is 27.8. The second kappa shape index (κ2) is 8.55. The van der Waals surface area contributed by atoms with Crippen molar-refractivity contribution in [1.29, 1.82) is 0 Å². The molecule has 0 aliphatic carbocycles. The zero-order chi connectivity index (χ0) is 20.4. The molecule has 7 nitrogen and oxygen atoms in total. The quantitative estimate of drug-likeness (QED) is 0.688. The number of amides is 1. The molecule has 1 aromatic carbocycles. The van der Waals surface area contributed by atoms with Gasteiger partial charge >= 0.3 is 0 Å². The number of hydrogen-bond acceptors (Lipinski definition) is 6. The van der Waals surface area contributed by atoms with E-state index in [0.29, 0.717) is 24.5 Å². The zero-order valence-corrected chi connectivity index (χ0v) is 18.9. The SMILES string of the molecule is O=C(CCN=C1NS(=O)(=O)c2ccccc21)N1CCN(Cc2ccc(Br)s2)CC1. The summed E-state index contributed by atoms with van der Waals surface area (Å²) in [4.78, 5) is 22.6. The fourth-order valence-electron chi connectivity index (χ4n) is 3.49. The van der Waals surface area contributed by atoms with E-state index in [-0.39, 0.29) is 23.8 Å². The lowest BCUT2D eigenvalue weighted by atomic mass is 10.2. The Kier molecular flexibility index (Phi) is 6.05. The first kappa shape index (κ1) is 20.5. The largest absolute Gasteiger partial charge is 0.340 e. The summed E-state index contributed by atoms with van der Waals surface area (Å²) in [6.45, 7) is 4.28. The summed E-state index contributed by atoms with van der Waals surface area (Å²) in [5, 5.41) is 0. The van der Waals surface area contributed by atoms with Gasteiger partial charge in [-0.1, -0.05) is 12.1 Å². The van der Waals surface area contributed by atoms with Gasteiger partial charge < -0.3 is 4.90 Å². The fraction of sp³-hybridized carbons (Fsp3) is 0.368. The van der Waals surface area contributed by atoms with Gasteiger partial charge in [0.15, 0.2) is 0 Å². The van der Waals surface area contributed by atoms with Gasteiger partial charge in [0.25, 0.3) is 10.0 Å². The molecule has 3 heterocycles. The summed E-state index contributed by atoms with van der Waals surface area (Å²) in [5.74, 6) is 0.377. The first-order valence-corrected chi connectivity index (χ1v) is 12.4. The van der Waals surface area contributed by atoms with E-state index in [9.17, 15) is 13.2 Å². The van der Waals surface area contributed by atoms with Crippen LogP contribution in [0.3, 0.4) is 0 Å². The summed E-state index contributed by atoms with van der Waals surface area (Å²) >= 11 is 5.23. The van der Waals surface area contributed by atoms with E-state index < -0.39 is 10.0 Å². The lowest BCUT2D eigenvalue weighted by Crippen LogP contribution is -2.48. The predicted molar refractivity (Wildman–Crippen MR) is 117 cm³/mol. The highest BCUT2D eigenvalue weighted by atomic mass is 79.9. The van der Waals surface area contributed by atoms with Crippen LogP contribution in [-0.4, -0.2) is 62.7 Å². The first-order chi connectivity index (χ1) is 13.9. The van der Waals surface area contributed by atoms with Crippen molar-refractivity contribution in [1.82, 2.24) is 14.5 Å². The van der Waals surface area contributed by atoms with E-state index in [1.807, 2.05) is 4.90 Å². The molecule has 1 saturated heterocycles. The Morgan fingerprint density at radius 2 is 1.90 bits per heavy atom. The minimum Gasteiger partial charge on any atom is -0.340 e. The van der Waals surface area contributed by atoms with E-state index in [2.05, 4.69) is 42.7 Å². The Bertz CT molecular complexity index is 1040. The molecule has 0 spiro atoms. The average molecular weight is 497 g/mol. The Morgan fingerprint density at radius 1 is 1.14 bits per heavy atom. The van der Waals surface area contributed by atoms with Crippen molar-refractivity contribution in [3.8, 4) is 0 Å². The van der Waals surface area contributed by atoms with E-state index >= 15 is 0 Å². The van der Waals surface area contributed by atoms with Gasteiger partial charge in [-0.25, -0.2) is 8.42 Å². The van der Waals surface area contributed by atoms with Crippen LogP contribution in [0.2, 0.25) is 0 Å². The van der Waals surface area contributed by atoms with Gasteiger partial charge in [0.1, 0.15) is 5.84 Å². The number of sulfonamides is 1. The standard InChI is InChI=1S/C19H21BrN4O3S2/c20-17-6-5-14(28-17)13-23-9-11-24(12-10-23)18(25)7-8-21-19-15-3-1-2-4-16(15)29(26,27)22-19/h1-6H,7-13H2,(H,21,22). The smallest absolute Gasteiger partial charge is 0.263 e. The van der Waals surface area contributed by atoms with Gasteiger partial charge in [0.05, 0.1) is 15.2 Å². The number of nitrogens with one attached hydrogen (secondary N) is 1. The normalized spacial score (nSPS) is 19.9. The molecule has 4 rings (SSSR count). The summed E-state index contributed by atoms with van der Waals surface area (Å²) in [5.41, 5.74) is 0.564. The number of aliphatic imine (C=N–C) groups is 1. The molecule has 10 heteroatoms. The minimum absolute atomic E-state index is 0.0574. The van der Waals surface area contributed by atoms with E-state index in [4.69, 9.17) is 0 Å². The zero-order valence-electron chi connectivity index (χ0n) is 15.7. The molecule has 1 amide bonds. The number of nitrogens with zero attached hydrogens (tertiary/aromatic N) is 3. The molecule has 1 fully saturated rings. The van der Waals surface area contributed by atoms with Gasteiger partial charge in [0.2, 0.25) is 5.91 Å². The van der Waals surface area contributed by atoms with Gasteiger partial charge in [-0.05, 0) is 40.2 Å². The van der Waals surface area contributed by atoms with Crippen LogP contribution in [0.25, 0.3) is 0 Å². The number of amidine groups is 1. The third-order valence-electron chi connectivity index (χ3n) is 4.99. The van der Waals surface area contributed by atoms with Crippen molar-refractivity contribution < 1.29 is 13.2 Å². The van der Waals surface area contributed by atoms with Crippen molar-refractivity contribution in [2.75, 3.05) is 32.7 Å². The first-order valence-electron chi connectivity index (χ1n) is 9.33. The molecule has 2 aromatic rings. The number of hydrogen-bond donors (Lipinski definition) is 1. The summed E-state index contributed by atoms with van der Waals surface area (Å²) in [7, 11) is -3.54. The lowest BCUT2D eigenvalue weighted by Gasteiger charge is -2.34. The van der Waals surface area contributed by atoms with Crippen molar-refractivity contribution >= 4 is 49.0 Å². The number of carbonyl (C=O) groups is 1. The van der Waals surface area contributed by atoms with E-state index in [1.54, 1.807) is 35.6 Å². The summed E-state index contributed by atoms with van der Waals surface area (Å²) in [6, 6.07) is 10.9. The monoisotopic (exact) mass is 496 g/mol. The molecule has 0 saturated carbocycles. The Hall–Kier alpha value is -1.75. The maximum atomic E-state index is 12.5. The molecule has 2 aliphatic rings. The van der Waals surface area contributed by atoms with Gasteiger partial charge in [-0.15, -0.1) is 11.3 Å². The highest BCUT2D eigenvalue weighted by molar-refractivity contribution is 9.11. The Labute approximate surface area is 182 Å². The van der Waals surface area contributed by atoms with Crippen LogP contribution in [0.5, 0.6) is 0 Å². The van der Waals surface area contributed by atoms with E-state index in [0.717, 1.165) is 23.4 Å². The number of rotatable bonds is 5. The second-order valence-electron chi connectivity index (χ2n) is 6.94. The maximum absolute atomic E-state index is 12.5. The van der Waals surface area contributed by atoms with E-state index in [1.165, 1.54) is 4.88 Å². The van der Waals surface area contributed by atoms with Crippen molar-refractivity contribution in [3.05, 3.63) is 50.6 Å². The molecule has 0 bridgehead atoms. The molecule has 154 valence electrons. The lowest BCUT2D eigenvalue weighted by molar-refractivity contribution is -0.132. The third-order valence-corrected chi connectivity index (χ3v) is 8.00. The van der Waals surface area contributed by atoms with Crippen LogP contribution in [0, 0.1) is 0 Å². The third kappa shape index (κ3) is 4.71. The molecule has 29 heavy (non-hydrogen) atoms. The van der Waals surface area contributed by atoms with Crippen LogP contribution in [0.4, 0.5) is 0 Å². The summed E-state index contributed by atoms with van der Waals surface area (Å²) in [6.07, 6.45) is 0.269. The Balaban J connectivity index is 1.27. The highest BCUT2D eigenvalue weighted by Crippen LogP contribution is 2.24. The van der Waals surface area contributed by atoms with Gasteiger partial charge in [-0.3, -0.25) is 19.4 Å². The highest BCUT2D eigenvalue weighted by Gasteiger charge is 2.30. The number of fused-ring (bicyclic) bond motifs is 1. The van der Waals surface area contributed by atoms with Crippen molar-refractivity contribution in [2.45, 2.75) is 17.9 Å². The van der Waals surface area contributed by atoms with Crippen LogP contribution >= 0.6 is 27.3 Å². The van der Waals surface area contributed by atoms with Gasteiger partial charge in [0, 0.05) is 49.6 Å². The predicted octanol–water partition coefficient (Wildman–Crippen LogP) is 2.28.